The Bertz CT molecular complexity index is 3070. The van der Waals surface area contributed by atoms with Gasteiger partial charge in [0.2, 0.25) is 23.6 Å². The van der Waals surface area contributed by atoms with Crippen molar-refractivity contribution < 1.29 is 54.0 Å². The number of alkyl carbamates (subject to hydrolysis) is 1. The highest BCUT2D eigenvalue weighted by molar-refractivity contribution is 7.91. The second-order valence-electron chi connectivity index (χ2n) is 23.2. The number of carbonyl (C=O) groups excluding carboxylic acids is 5. The lowest BCUT2D eigenvalue weighted by molar-refractivity contribution is -0.138. The molecular formula is C63H92ClN7O12S3. The average Bonchev–Trinajstić information content (AvgIpc) is 2.61. The van der Waals surface area contributed by atoms with Crippen molar-refractivity contribution >= 4 is 71.6 Å². The van der Waals surface area contributed by atoms with Crippen molar-refractivity contribution in [1.82, 2.24) is 31.1 Å². The van der Waals surface area contributed by atoms with Crippen molar-refractivity contribution in [3.63, 3.8) is 0 Å². The normalized spacial score (nSPS) is 18.2. The first kappa shape index (κ1) is 72.6. The highest BCUT2D eigenvalue weighted by Gasteiger charge is 2.39. The molecule has 7 atom stereocenters. The molecule has 3 saturated heterocycles. The molecule has 3 heterocycles. The van der Waals surface area contributed by atoms with Crippen molar-refractivity contribution in [1.29, 1.82) is 0 Å². The van der Waals surface area contributed by atoms with Gasteiger partial charge in [0.1, 0.15) is 24.7 Å². The summed E-state index contributed by atoms with van der Waals surface area (Å²) in [5, 5.41) is 11.2. The van der Waals surface area contributed by atoms with E-state index < -0.39 is 71.7 Å². The van der Waals surface area contributed by atoms with E-state index in [9.17, 15) is 49.2 Å². The Balaban J connectivity index is 0.000000295. The van der Waals surface area contributed by atoms with E-state index in [1.165, 1.54) is 6.92 Å². The first-order chi connectivity index (χ1) is 40.3. The molecule has 0 spiro atoms. The summed E-state index contributed by atoms with van der Waals surface area (Å²) in [6, 6.07) is 34.1. The molecule has 0 unspecified atom stereocenters. The number of nitrogens with one attached hydrogen (secondary N) is 4. The van der Waals surface area contributed by atoms with Crippen LogP contribution in [0.3, 0.4) is 0 Å². The largest absolute Gasteiger partial charge is 0.445 e. The number of rotatable bonds is 26. The zero-order valence-corrected chi connectivity index (χ0v) is 53.9. The van der Waals surface area contributed by atoms with Gasteiger partial charge in [-0.3, -0.25) is 19.2 Å². The zero-order chi connectivity index (χ0) is 62.2. The van der Waals surface area contributed by atoms with Gasteiger partial charge in [0.05, 0.1) is 40.6 Å². The molecule has 3 aliphatic rings. The molecule has 7 rings (SSSR count). The van der Waals surface area contributed by atoms with Gasteiger partial charge in [-0.1, -0.05) is 149 Å². The monoisotopic (exact) mass is 1270 g/mol. The third kappa shape index (κ3) is 25.4. The van der Waals surface area contributed by atoms with E-state index in [0.717, 1.165) is 48.1 Å². The van der Waals surface area contributed by atoms with Crippen molar-refractivity contribution in [3.8, 4) is 0 Å². The second kappa shape index (κ2) is 35.8. The number of likely N-dealkylation sites (tertiary alicyclic amines) is 2. The van der Waals surface area contributed by atoms with Crippen molar-refractivity contribution in [2.75, 3.05) is 54.2 Å². The smallest absolute Gasteiger partial charge is 0.408 e. The number of sulfone groups is 3. The number of benzene rings is 4. The number of carbonyl (C=O) groups is 5. The van der Waals surface area contributed by atoms with Gasteiger partial charge in [-0.2, -0.15) is 0 Å². The first-order valence-corrected chi connectivity index (χ1v) is 35.2. The second-order valence-corrected chi connectivity index (χ2v) is 29.9. The molecule has 0 saturated carbocycles. The van der Waals surface area contributed by atoms with Crippen LogP contribution in [0.2, 0.25) is 0 Å². The Morgan fingerprint density at radius 2 is 0.895 bits per heavy atom. The van der Waals surface area contributed by atoms with Crippen molar-refractivity contribution in [2.24, 2.45) is 17.6 Å². The Morgan fingerprint density at radius 3 is 1.26 bits per heavy atom. The van der Waals surface area contributed by atoms with Crippen LogP contribution in [0.1, 0.15) is 102 Å². The number of hydrogen-bond donors (Lipinski definition) is 5. The van der Waals surface area contributed by atoms with Crippen LogP contribution in [0, 0.1) is 11.8 Å². The maximum absolute atomic E-state index is 13.5. The van der Waals surface area contributed by atoms with Crippen molar-refractivity contribution in [3.05, 3.63) is 144 Å². The number of hydrogen-bond acceptors (Lipinski definition) is 14. The van der Waals surface area contributed by atoms with Crippen LogP contribution in [-0.4, -0.2) is 161 Å². The predicted octanol–water partition coefficient (Wildman–Crippen LogP) is 6.03. The summed E-state index contributed by atoms with van der Waals surface area (Å²) >= 11 is 0. The van der Waals surface area contributed by atoms with Gasteiger partial charge in [0, 0.05) is 31.2 Å². The minimum Gasteiger partial charge on any atom is -0.445 e. The lowest BCUT2D eigenvalue weighted by atomic mass is 10.0. The van der Waals surface area contributed by atoms with E-state index in [1.54, 1.807) is 16.7 Å². The van der Waals surface area contributed by atoms with E-state index >= 15 is 0 Å². The predicted molar refractivity (Wildman–Crippen MR) is 341 cm³/mol. The SMILES string of the molecule is CC(C)[C@H](NC(=O)[C@H](C)N)C(=O)N1CCC[C@H]1CS(=O)(=O)CCc1ccccc1.CC(C)[C@H](NC(=O)[C@H](C)NC(=O)OCc1ccccc1)C(=O)N1CCC[C@H]1CS(=O)(=O)CCc1ccccc1.Cl.O=S(=O)(CCc1ccccc1)C[C@@H]1CCCN1. The average molecular weight is 1270 g/mol. The van der Waals surface area contributed by atoms with Gasteiger partial charge in [-0.05, 0) is 112 Å². The topological polar surface area (TPSA) is 278 Å². The fourth-order valence-corrected chi connectivity index (χ4v) is 15.3. The molecule has 19 nitrogen and oxygen atoms in total. The van der Waals surface area contributed by atoms with E-state index in [1.807, 2.05) is 149 Å². The number of halogens is 1. The van der Waals surface area contributed by atoms with Crippen LogP contribution in [-0.2, 0) is 79.3 Å². The van der Waals surface area contributed by atoms with Gasteiger partial charge < -0.3 is 41.5 Å². The molecule has 6 N–H and O–H groups in total. The summed E-state index contributed by atoms with van der Waals surface area (Å²) < 4.78 is 80.1. The molecule has 0 bridgehead atoms. The van der Waals surface area contributed by atoms with Gasteiger partial charge >= 0.3 is 6.09 Å². The summed E-state index contributed by atoms with van der Waals surface area (Å²) in [6.07, 6.45) is 5.57. The van der Waals surface area contributed by atoms with E-state index in [0.29, 0.717) is 57.4 Å². The van der Waals surface area contributed by atoms with Gasteiger partial charge in [0.25, 0.3) is 0 Å². The van der Waals surface area contributed by atoms with Crippen LogP contribution >= 0.6 is 12.4 Å². The van der Waals surface area contributed by atoms with E-state index in [4.69, 9.17) is 10.5 Å². The minimum atomic E-state index is -3.39. The third-order valence-electron chi connectivity index (χ3n) is 15.3. The Morgan fingerprint density at radius 1 is 0.523 bits per heavy atom. The Labute approximate surface area is 517 Å². The summed E-state index contributed by atoms with van der Waals surface area (Å²) in [7, 11) is -9.63. The highest BCUT2D eigenvalue weighted by Crippen LogP contribution is 2.24. The molecule has 3 aliphatic heterocycles. The molecule has 86 heavy (non-hydrogen) atoms. The van der Waals surface area contributed by atoms with Gasteiger partial charge in [0.15, 0.2) is 29.5 Å². The van der Waals surface area contributed by atoms with Crippen LogP contribution < -0.4 is 27.0 Å². The maximum atomic E-state index is 13.5. The lowest BCUT2D eigenvalue weighted by Gasteiger charge is -2.31. The lowest BCUT2D eigenvalue weighted by Crippen LogP contribution is -2.56. The van der Waals surface area contributed by atoms with Crippen LogP contribution in [0.4, 0.5) is 4.79 Å². The summed E-state index contributed by atoms with van der Waals surface area (Å²) in [6.45, 7) is 12.4. The first-order valence-electron chi connectivity index (χ1n) is 29.7. The van der Waals surface area contributed by atoms with E-state index in [-0.39, 0.29) is 89.4 Å². The molecule has 0 aromatic heterocycles. The standard InChI is InChI=1S/C29H39N3O6S.C21H33N3O4S.C13H19NO2S.ClH/c1-21(2)26(31-27(33)22(3)30-29(35)38-19-24-13-8-5-9-14-24)28(34)32-17-10-15-25(32)20-39(36,37)18-16-23-11-6-4-7-12-23;1-15(2)19(23-20(25)16(3)22)21(26)24-12-7-10-18(24)14-29(27,28)13-11-17-8-5-4-6-9-17;15-17(16,11-13-7-4-9-14-13)10-8-12-5-2-1-3-6-12;/h4-9,11-14,21-22,25-26H,10,15-20H2,1-3H3,(H,30,35)(H,31,33);4-6,8-9,15-16,18-19H,7,10-14,22H2,1-3H3,(H,23,25);1-3,5-6,13-14H,4,7-11H2;1H/t22-,25-,26-;16-,18-,19-;13-;/m000./s1. The number of nitrogens with two attached hydrogens (primary N) is 1. The summed E-state index contributed by atoms with van der Waals surface area (Å²) in [4.78, 5) is 66.9. The molecule has 23 heteroatoms. The van der Waals surface area contributed by atoms with Crippen molar-refractivity contribution in [2.45, 2.75) is 148 Å². The highest BCUT2D eigenvalue weighted by atomic mass is 35.5. The van der Waals surface area contributed by atoms with Crippen LogP contribution in [0.15, 0.2) is 121 Å². The molecule has 5 amide bonds. The molecule has 0 radical (unpaired) electrons. The molecular weight excluding hydrogens is 1180 g/mol. The fraction of sp³-hybridized carbons (Fsp3) is 0.540. The number of ether oxygens (including phenoxy) is 1. The third-order valence-corrected chi connectivity index (χ3v) is 20.5. The minimum absolute atomic E-state index is 0. The van der Waals surface area contributed by atoms with Gasteiger partial charge in [-0.15, -0.1) is 12.4 Å². The van der Waals surface area contributed by atoms with Crippen LogP contribution in [0.5, 0.6) is 0 Å². The number of amides is 5. The number of aryl methyl sites for hydroxylation is 3. The van der Waals surface area contributed by atoms with Gasteiger partial charge in [-0.25, -0.2) is 30.0 Å². The van der Waals surface area contributed by atoms with Crippen LogP contribution in [0.25, 0.3) is 0 Å². The number of nitrogens with zero attached hydrogens (tertiary/aromatic N) is 2. The molecule has 0 aliphatic carbocycles. The quantitative estimate of drug-likeness (QED) is 0.0480. The molecule has 4 aromatic carbocycles. The molecule has 3 fully saturated rings. The Hall–Kier alpha value is -5.91. The Kier molecular flexibility index (Phi) is 30.2. The van der Waals surface area contributed by atoms with E-state index in [2.05, 4.69) is 21.3 Å². The molecule has 476 valence electrons. The zero-order valence-electron chi connectivity index (χ0n) is 50.7. The maximum Gasteiger partial charge on any atom is 0.408 e. The fourth-order valence-electron chi connectivity index (χ4n) is 10.3. The summed E-state index contributed by atoms with van der Waals surface area (Å²) in [5.41, 5.74) is 9.46. The summed E-state index contributed by atoms with van der Waals surface area (Å²) in [5.74, 6) is -1.33. The molecule has 4 aromatic rings.